The topological polar surface area (TPSA) is 49.3 Å². The number of nitrogens with one attached hydrogen (secondary N) is 1. The second-order valence-corrected chi connectivity index (χ2v) is 4.70. The molecule has 1 aromatic rings. The molecule has 1 aromatic carbocycles. The number of aliphatic carboxylic acids is 1. The zero-order valence-electron chi connectivity index (χ0n) is 8.11. The Labute approximate surface area is 96.6 Å². The second-order valence-electron chi connectivity index (χ2n) is 3.79. The fraction of sp³-hybridized carbons (Fsp3) is 0.364. The van der Waals surface area contributed by atoms with Crippen molar-refractivity contribution < 1.29 is 9.90 Å². The summed E-state index contributed by atoms with van der Waals surface area (Å²) in [5.41, 5.74) is 1.20. The van der Waals surface area contributed by atoms with Gasteiger partial charge < -0.3 is 10.4 Å². The van der Waals surface area contributed by atoms with Gasteiger partial charge in [-0.2, -0.15) is 0 Å². The van der Waals surface area contributed by atoms with E-state index < -0.39 is 12.0 Å². The SMILES string of the molecule is O=C(O)C1CC(c2cccc(Br)c2)CN1. The van der Waals surface area contributed by atoms with Crippen molar-refractivity contribution in [2.45, 2.75) is 18.4 Å². The van der Waals surface area contributed by atoms with Gasteiger partial charge in [0.1, 0.15) is 6.04 Å². The minimum absolute atomic E-state index is 0.309. The van der Waals surface area contributed by atoms with Gasteiger partial charge in [-0.05, 0) is 30.0 Å². The summed E-state index contributed by atoms with van der Waals surface area (Å²) >= 11 is 3.42. The summed E-state index contributed by atoms with van der Waals surface area (Å²) in [7, 11) is 0. The third kappa shape index (κ3) is 2.38. The van der Waals surface area contributed by atoms with Gasteiger partial charge in [0, 0.05) is 11.0 Å². The van der Waals surface area contributed by atoms with Crippen molar-refractivity contribution in [1.29, 1.82) is 0 Å². The van der Waals surface area contributed by atoms with Crippen molar-refractivity contribution in [3.05, 3.63) is 34.3 Å². The summed E-state index contributed by atoms with van der Waals surface area (Å²) in [6, 6.07) is 7.65. The molecule has 0 radical (unpaired) electrons. The molecule has 0 bridgehead atoms. The summed E-state index contributed by atoms with van der Waals surface area (Å²) in [5.74, 6) is -0.448. The first-order valence-electron chi connectivity index (χ1n) is 4.88. The summed E-state index contributed by atoms with van der Waals surface area (Å²) in [4.78, 5) is 10.8. The van der Waals surface area contributed by atoms with E-state index in [1.165, 1.54) is 5.56 Å². The van der Waals surface area contributed by atoms with Crippen LogP contribution in [-0.4, -0.2) is 23.7 Å². The first kappa shape index (κ1) is 10.6. The van der Waals surface area contributed by atoms with E-state index in [2.05, 4.69) is 27.3 Å². The van der Waals surface area contributed by atoms with Gasteiger partial charge in [0.05, 0.1) is 0 Å². The summed E-state index contributed by atoms with van der Waals surface area (Å²) in [6.45, 7) is 0.743. The van der Waals surface area contributed by atoms with E-state index >= 15 is 0 Å². The molecule has 2 N–H and O–H groups in total. The Morgan fingerprint density at radius 3 is 2.93 bits per heavy atom. The quantitative estimate of drug-likeness (QED) is 0.863. The molecule has 2 rings (SSSR count). The van der Waals surface area contributed by atoms with E-state index in [1.807, 2.05) is 18.2 Å². The molecule has 2 atom stereocenters. The van der Waals surface area contributed by atoms with Crippen molar-refractivity contribution in [3.63, 3.8) is 0 Å². The molecule has 1 aliphatic heterocycles. The Bertz CT molecular complexity index is 381. The fourth-order valence-electron chi connectivity index (χ4n) is 1.94. The lowest BCUT2D eigenvalue weighted by atomic mass is 9.96. The maximum atomic E-state index is 10.8. The third-order valence-electron chi connectivity index (χ3n) is 2.75. The standard InChI is InChI=1S/C11H12BrNO2/c12-9-3-1-2-7(4-9)8-5-10(11(14)15)13-6-8/h1-4,8,10,13H,5-6H2,(H,14,15). The monoisotopic (exact) mass is 269 g/mol. The van der Waals surface area contributed by atoms with Crippen LogP contribution in [0.15, 0.2) is 28.7 Å². The smallest absolute Gasteiger partial charge is 0.320 e. The first-order valence-corrected chi connectivity index (χ1v) is 5.68. The highest BCUT2D eigenvalue weighted by Gasteiger charge is 2.29. The molecule has 0 aliphatic carbocycles. The molecule has 4 heteroatoms. The molecule has 15 heavy (non-hydrogen) atoms. The number of carbonyl (C=O) groups is 1. The molecule has 0 saturated carbocycles. The first-order chi connectivity index (χ1) is 7.16. The molecule has 3 nitrogen and oxygen atoms in total. The average molecular weight is 270 g/mol. The largest absolute Gasteiger partial charge is 0.480 e. The molecule has 1 aliphatic rings. The number of carboxylic acid groups (broad SMARTS) is 1. The highest BCUT2D eigenvalue weighted by molar-refractivity contribution is 9.10. The lowest BCUT2D eigenvalue weighted by Gasteiger charge is -2.08. The van der Waals surface area contributed by atoms with E-state index in [0.29, 0.717) is 12.3 Å². The fourth-order valence-corrected chi connectivity index (χ4v) is 2.36. The average Bonchev–Trinajstić information content (AvgIpc) is 2.66. The summed E-state index contributed by atoms with van der Waals surface area (Å²) < 4.78 is 1.04. The van der Waals surface area contributed by atoms with Crippen LogP contribution in [0, 0.1) is 0 Å². The molecule has 2 unspecified atom stereocenters. The minimum atomic E-state index is -0.757. The molecular weight excluding hydrogens is 258 g/mol. The van der Waals surface area contributed by atoms with Gasteiger partial charge in [-0.3, -0.25) is 4.79 Å². The number of hydrogen-bond acceptors (Lipinski definition) is 2. The summed E-state index contributed by atoms with van der Waals surface area (Å²) in [5, 5.41) is 11.9. The van der Waals surface area contributed by atoms with Gasteiger partial charge in [-0.25, -0.2) is 0 Å². The Morgan fingerprint density at radius 1 is 1.53 bits per heavy atom. The predicted octanol–water partition coefficient (Wildman–Crippen LogP) is 1.98. The molecule has 1 heterocycles. The van der Waals surface area contributed by atoms with Crippen LogP contribution in [-0.2, 0) is 4.79 Å². The van der Waals surface area contributed by atoms with Crippen LogP contribution >= 0.6 is 15.9 Å². The van der Waals surface area contributed by atoms with Crippen molar-refractivity contribution in [2.24, 2.45) is 0 Å². The molecule has 1 fully saturated rings. The Kier molecular flexibility index (Phi) is 3.07. The Hall–Kier alpha value is -0.870. The number of carboxylic acids is 1. The Morgan fingerprint density at radius 2 is 2.33 bits per heavy atom. The van der Waals surface area contributed by atoms with Crippen LogP contribution < -0.4 is 5.32 Å². The van der Waals surface area contributed by atoms with E-state index in [4.69, 9.17) is 5.11 Å². The molecule has 0 amide bonds. The van der Waals surface area contributed by atoms with Crippen LogP contribution in [0.25, 0.3) is 0 Å². The number of rotatable bonds is 2. The normalized spacial score (nSPS) is 25.4. The highest BCUT2D eigenvalue weighted by atomic mass is 79.9. The van der Waals surface area contributed by atoms with Crippen molar-refractivity contribution >= 4 is 21.9 Å². The van der Waals surface area contributed by atoms with E-state index in [-0.39, 0.29) is 0 Å². The molecular formula is C11H12BrNO2. The van der Waals surface area contributed by atoms with E-state index in [1.54, 1.807) is 0 Å². The van der Waals surface area contributed by atoms with Gasteiger partial charge >= 0.3 is 5.97 Å². The Balaban J connectivity index is 2.11. The summed E-state index contributed by atoms with van der Waals surface area (Å²) in [6.07, 6.45) is 0.672. The molecule has 1 saturated heterocycles. The van der Waals surface area contributed by atoms with Crippen LogP contribution in [0.5, 0.6) is 0 Å². The predicted molar refractivity (Wildman–Crippen MR) is 60.9 cm³/mol. The second kappa shape index (κ2) is 4.33. The van der Waals surface area contributed by atoms with Crippen molar-refractivity contribution in [3.8, 4) is 0 Å². The molecule has 0 aromatic heterocycles. The van der Waals surface area contributed by atoms with Crippen LogP contribution in [0.3, 0.4) is 0 Å². The highest BCUT2D eigenvalue weighted by Crippen LogP contribution is 2.27. The van der Waals surface area contributed by atoms with Crippen molar-refractivity contribution in [1.82, 2.24) is 5.32 Å². The molecule has 80 valence electrons. The van der Waals surface area contributed by atoms with E-state index in [0.717, 1.165) is 11.0 Å². The van der Waals surface area contributed by atoms with Gasteiger partial charge in [0.15, 0.2) is 0 Å². The maximum Gasteiger partial charge on any atom is 0.320 e. The van der Waals surface area contributed by atoms with Crippen molar-refractivity contribution in [2.75, 3.05) is 6.54 Å². The van der Waals surface area contributed by atoms with Crippen LogP contribution in [0.1, 0.15) is 17.9 Å². The van der Waals surface area contributed by atoms with E-state index in [9.17, 15) is 4.79 Å². The van der Waals surface area contributed by atoms with Gasteiger partial charge in [-0.15, -0.1) is 0 Å². The number of benzene rings is 1. The minimum Gasteiger partial charge on any atom is -0.480 e. The molecule has 0 spiro atoms. The van der Waals surface area contributed by atoms with Gasteiger partial charge in [0.2, 0.25) is 0 Å². The van der Waals surface area contributed by atoms with Crippen LogP contribution in [0.4, 0.5) is 0 Å². The lowest BCUT2D eigenvalue weighted by molar-refractivity contribution is -0.139. The van der Waals surface area contributed by atoms with Gasteiger partial charge in [-0.1, -0.05) is 28.1 Å². The van der Waals surface area contributed by atoms with Crippen LogP contribution in [0.2, 0.25) is 0 Å². The number of hydrogen-bond donors (Lipinski definition) is 2. The number of halogens is 1. The zero-order chi connectivity index (χ0) is 10.8. The van der Waals surface area contributed by atoms with Gasteiger partial charge in [0.25, 0.3) is 0 Å². The third-order valence-corrected chi connectivity index (χ3v) is 3.24. The maximum absolute atomic E-state index is 10.8. The zero-order valence-corrected chi connectivity index (χ0v) is 9.70. The lowest BCUT2D eigenvalue weighted by Crippen LogP contribution is -2.29.